The predicted octanol–water partition coefficient (Wildman–Crippen LogP) is 2.97. The lowest BCUT2D eigenvalue weighted by Gasteiger charge is -2.39. The molecule has 1 unspecified atom stereocenters. The van der Waals surface area contributed by atoms with Gasteiger partial charge >= 0.3 is 0 Å². The number of aromatic nitrogens is 1. The Morgan fingerprint density at radius 3 is 2.79 bits per heavy atom. The normalized spacial score (nSPS) is 22.1. The number of carbonyl (C=O) groups is 2. The van der Waals surface area contributed by atoms with Gasteiger partial charge in [-0.05, 0) is 43.4 Å². The Labute approximate surface area is 166 Å². The fourth-order valence-corrected chi connectivity index (χ4v) is 4.59. The molecule has 1 aromatic carbocycles. The summed E-state index contributed by atoms with van der Waals surface area (Å²) in [6.45, 7) is 4.76. The monoisotopic (exact) mass is 377 g/mol. The summed E-state index contributed by atoms with van der Waals surface area (Å²) in [7, 11) is 0. The topological polar surface area (TPSA) is 53.5 Å². The molecule has 146 valence electrons. The van der Waals surface area contributed by atoms with Crippen molar-refractivity contribution >= 4 is 11.8 Å². The Morgan fingerprint density at radius 2 is 2.00 bits per heavy atom. The molecular weight excluding hydrogens is 350 g/mol. The molecule has 3 heterocycles. The van der Waals surface area contributed by atoms with Crippen LogP contribution in [0.4, 0.5) is 0 Å². The second kappa shape index (κ2) is 7.74. The zero-order valence-electron chi connectivity index (χ0n) is 16.4. The van der Waals surface area contributed by atoms with Crippen LogP contribution in [0.1, 0.15) is 36.0 Å². The van der Waals surface area contributed by atoms with Gasteiger partial charge in [-0.25, -0.2) is 0 Å². The summed E-state index contributed by atoms with van der Waals surface area (Å²) in [4.78, 5) is 34.0. The highest BCUT2D eigenvalue weighted by molar-refractivity contribution is 5.86. The van der Waals surface area contributed by atoms with Gasteiger partial charge in [-0.15, -0.1) is 0 Å². The van der Waals surface area contributed by atoms with Crippen molar-refractivity contribution in [1.82, 2.24) is 14.8 Å². The highest BCUT2D eigenvalue weighted by atomic mass is 16.2. The lowest BCUT2D eigenvalue weighted by atomic mass is 9.78. The number of benzene rings is 1. The molecule has 2 aromatic rings. The summed E-state index contributed by atoms with van der Waals surface area (Å²) in [5, 5.41) is 0. The maximum atomic E-state index is 13.3. The van der Waals surface area contributed by atoms with E-state index in [4.69, 9.17) is 0 Å². The van der Waals surface area contributed by atoms with E-state index in [0.717, 1.165) is 31.4 Å². The first kappa shape index (κ1) is 18.7. The molecule has 2 aliphatic heterocycles. The van der Waals surface area contributed by atoms with Crippen LogP contribution in [-0.2, 0) is 22.6 Å². The van der Waals surface area contributed by atoms with Crippen molar-refractivity contribution in [3.63, 3.8) is 0 Å². The van der Waals surface area contributed by atoms with Crippen LogP contribution in [0.3, 0.4) is 0 Å². The molecule has 2 aliphatic rings. The van der Waals surface area contributed by atoms with Crippen molar-refractivity contribution in [2.24, 2.45) is 5.41 Å². The van der Waals surface area contributed by atoms with Crippen LogP contribution in [-0.4, -0.2) is 46.2 Å². The molecule has 4 rings (SSSR count). The molecule has 0 saturated carbocycles. The third kappa shape index (κ3) is 3.79. The van der Waals surface area contributed by atoms with Gasteiger partial charge < -0.3 is 9.80 Å². The van der Waals surface area contributed by atoms with Gasteiger partial charge in [0.1, 0.15) is 0 Å². The summed E-state index contributed by atoms with van der Waals surface area (Å²) in [6, 6.07) is 12.1. The molecule has 28 heavy (non-hydrogen) atoms. The van der Waals surface area contributed by atoms with E-state index >= 15 is 0 Å². The lowest BCUT2D eigenvalue weighted by molar-refractivity contribution is -0.146. The van der Waals surface area contributed by atoms with Gasteiger partial charge in [-0.2, -0.15) is 0 Å². The van der Waals surface area contributed by atoms with Gasteiger partial charge in [-0.3, -0.25) is 14.6 Å². The van der Waals surface area contributed by atoms with E-state index in [1.165, 1.54) is 11.1 Å². The van der Waals surface area contributed by atoms with Crippen LogP contribution < -0.4 is 0 Å². The van der Waals surface area contributed by atoms with Gasteiger partial charge in [0.25, 0.3) is 0 Å². The molecule has 0 N–H and O–H groups in total. The minimum absolute atomic E-state index is 0.0912. The molecule has 2 saturated heterocycles. The largest absolute Gasteiger partial charge is 0.341 e. The first-order chi connectivity index (χ1) is 13.6. The number of aryl methyl sites for hydroxylation is 1. The summed E-state index contributed by atoms with van der Waals surface area (Å²) in [5.74, 6) is 0.311. The third-order valence-electron chi connectivity index (χ3n) is 6.06. The summed E-state index contributed by atoms with van der Waals surface area (Å²) < 4.78 is 0. The quantitative estimate of drug-likeness (QED) is 0.823. The van der Waals surface area contributed by atoms with E-state index < -0.39 is 5.41 Å². The van der Waals surface area contributed by atoms with E-state index in [9.17, 15) is 9.59 Å². The van der Waals surface area contributed by atoms with Gasteiger partial charge in [0.05, 0.1) is 11.8 Å². The zero-order valence-corrected chi connectivity index (χ0v) is 16.4. The smallest absolute Gasteiger partial charge is 0.230 e. The Morgan fingerprint density at radius 1 is 1.14 bits per heavy atom. The zero-order chi connectivity index (χ0) is 19.6. The molecule has 1 atom stereocenters. The summed E-state index contributed by atoms with van der Waals surface area (Å²) in [6.07, 6.45) is 6.45. The Balaban J connectivity index is 1.43. The fraction of sp³-hybridized carbons (Fsp3) is 0.435. The van der Waals surface area contributed by atoms with Gasteiger partial charge in [-0.1, -0.05) is 35.9 Å². The average molecular weight is 377 g/mol. The fourth-order valence-electron chi connectivity index (χ4n) is 4.59. The Bertz CT molecular complexity index is 867. The number of nitrogens with zero attached hydrogens (tertiary/aromatic N) is 3. The number of hydrogen-bond donors (Lipinski definition) is 0. The van der Waals surface area contributed by atoms with E-state index in [-0.39, 0.29) is 11.8 Å². The van der Waals surface area contributed by atoms with Gasteiger partial charge in [0, 0.05) is 38.6 Å². The average Bonchev–Trinajstić information content (AvgIpc) is 3.12. The molecule has 0 radical (unpaired) electrons. The number of likely N-dealkylation sites (tertiary alicyclic amines) is 2. The molecule has 1 aromatic heterocycles. The van der Waals surface area contributed by atoms with Crippen molar-refractivity contribution in [2.75, 3.05) is 19.6 Å². The highest BCUT2D eigenvalue weighted by Gasteiger charge is 2.49. The van der Waals surface area contributed by atoms with Gasteiger partial charge in [0.15, 0.2) is 0 Å². The van der Waals surface area contributed by atoms with Crippen LogP contribution in [0.5, 0.6) is 0 Å². The van der Waals surface area contributed by atoms with Crippen LogP contribution in [0, 0.1) is 12.3 Å². The van der Waals surface area contributed by atoms with Crippen molar-refractivity contribution in [2.45, 2.75) is 39.2 Å². The molecule has 2 amide bonds. The van der Waals surface area contributed by atoms with Crippen LogP contribution in [0.15, 0.2) is 48.8 Å². The number of amides is 2. The first-order valence-corrected chi connectivity index (χ1v) is 10.1. The van der Waals surface area contributed by atoms with Crippen molar-refractivity contribution in [1.29, 1.82) is 0 Å². The Kier molecular flexibility index (Phi) is 5.16. The number of piperidine rings is 1. The van der Waals surface area contributed by atoms with Crippen LogP contribution >= 0.6 is 0 Å². The van der Waals surface area contributed by atoms with Crippen molar-refractivity contribution < 1.29 is 9.59 Å². The second-order valence-corrected chi connectivity index (χ2v) is 8.20. The Hall–Kier alpha value is -2.69. The highest BCUT2D eigenvalue weighted by Crippen LogP contribution is 2.40. The van der Waals surface area contributed by atoms with E-state index in [1.54, 1.807) is 12.4 Å². The summed E-state index contributed by atoms with van der Waals surface area (Å²) >= 11 is 0. The first-order valence-electron chi connectivity index (χ1n) is 10.1. The minimum Gasteiger partial charge on any atom is -0.341 e. The molecular formula is C23H27N3O2. The number of rotatable bonds is 4. The minimum atomic E-state index is -0.396. The number of hydrogen-bond acceptors (Lipinski definition) is 3. The maximum absolute atomic E-state index is 13.3. The standard InChI is InChI=1S/C23H27N3O2/c1-18-5-2-6-20(13-18)16-25-11-4-8-23(22(25)28)9-12-26(17-23)21(27)14-19-7-3-10-24-15-19/h2-3,5-7,10,13,15H,4,8-9,11-12,14,16-17H2,1H3. The van der Waals surface area contributed by atoms with Crippen molar-refractivity contribution in [3.8, 4) is 0 Å². The summed E-state index contributed by atoms with van der Waals surface area (Å²) in [5.41, 5.74) is 2.91. The van der Waals surface area contributed by atoms with E-state index in [0.29, 0.717) is 26.1 Å². The maximum Gasteiger partial charge on any atom is 0.230 e. The number of carbonyl (C=O) groups excluding carboxylic acids is 2. The third-order valence-corrected chi connectivity index (χ3v) is 6.06. The predicted molar refractivity (Wildman–Crippen MR) is 107 cm³/mol. The van der Waals surface area contributed by atoms with Gasteiger partial charge in [0.2, 0.25) is 11.8 Å². The SMILES string of the molecule is Cc1cccc(CN2CCCC3(CCN(C(=O)Cc4cccnc4)C3)C2=O)c1. The molecule has 0 bridgehead atoms. The molecule has 1 spiro atoms. The van der Waals surface area contributed by atoms with E-state index in [1.807, 2.05) is 28.0 Å². The molecule has 5 nitrogen and oxygen atoms in total. The number of pyridine rings is 1. The molecule has 2 fully saturated rings. The molecule has 0 aliphatic carbocycles. The van der Waals surface area contributed by atoms with E-state index in [2.05, 4.69) is 30.1 Å². The lowest BCUT2D eigenvalue weighted by Crippen LogP contribution is -2.50. The molecule has 5 heteroatoms. The van der Waals surface area contributed by atoms with Crippen LogP contribution in [0.2, 0.25) is 0 Å². The second-order valence-electron chi connectivity index (χ2n) is 8.20. The van der Waals surface area contributed by atoms with Crippen molar-refractivity contribution in [3.05, 3.63) is 65.5 Å². The van der Waals surface area contributed by atoms with Crippen LogP contribution in [0.25, 0.3) is 0 Å².